The van der Waals surface area contributed by atoms with Crippen molar-refractivity contribution >= 4 is 18.3 Å². The summed E-state index contributed by atoms with van der Waals surface area (Å²) in [5, 5.41) is 12.5. The highest BCUT2D eigenvalue weighted by atomic mass is 16.5. The molecule has 2 heterocycles. The lowest BCUT2D eigenvalue weighted by molar-refractivity contribution is -0.122. The maximum atomic E-state index is 12.5. The second-order valence-electron chi connectivity index (χ2n) is 6.37. The second kappa shape index (κ2) is 12.3. The molecule has 1 aromatic carbocycles. The summed E-state index contributed by atoms with van der Waals surface area (Å²) in [5.74, 6) is -0.346. The summed E-state index contributed by atoms with van der Waals surface area (Å²) in [5.41, 5.74) is 2.31. The zero-order valence-electron chi connectivity index (χ0n) is 16.8. The van der Waals surface area contributed by atoms with Crippen LogP contribution >= 0.6 is 0 Å². The van der Waals surface area contributed by atoms with Gasteiger partial charge in [-0.15, -0.1) is 0 Å². The van der Waals surface area contributed by atoms with Gasteiger partial charge < -0.3 is 20.5 Å². The Morgan fingerprint density at radius 1 is 1.20 bits per heavy atom. The fourth-order valence-electron chi connectivity index (χ4n) is 3.02. The third-order valence-corrected chi connectivity index (χ3v) is 4.49. The molecule has 3 N–H and O–H groups in total. The van der Waals surface area contributed by atoms with E-state index in [4.69, 9.17) is 14.6 Å². The normalized spacial score (nSPS) is 13.5. The molecule has 1 aliphatic heterocycles. The number of carboxylic acid groups (broad SMARTS) is 1. The van der Waals surface area contributed by atoms with Crippen LogP contribution in [0, 0.1) is 0 Å². The number of nitrogens with zero attached hydrogens (tertiary/aromatic N) is 2. The zero-order chi connectivity index (χ0) is 21.8. The van der Waals surface area contributed by atoms with Gasteiger partial charge in [-0.25, -0.2) is 0 Å². The van der Waals surface area contributed by atoms with Gasteiger partial charge in [-0.3, -0.25) is 24.3 Å². The van der Waals surface area contributed by atoms with Gasteiger partial charge in [0, 0.05) is 50.6 Å². The molecule has 2 amide bonds. The lowest BCUT2D eigenvalue weighted by atomic mass is 10.0. The fraction of sp³-hybridized carbons (Fsp3) is 0.333. The molecule has 3 rings (SSSR count). The van der Waals surface area contributed by atoms with Crippen LogP contribution in [0.2, 0.25) is 0 Å². The smallest absolute Gasteiger partial charge is 0.290 e. The molecule has 160 valence electrons. The number of pyridine rings is 1. The molecule has 30 heavy (non-hydrogen) atoms. The van der Waals surface area contributed by atoms with Crippen molar-refractivity contribution in [2.45, 2.75) is 0 Å². The Kier molecular flexibility index (Phi) is 9.43. The number of amides is 2. The molecule has 0 aliphatic carbocycles. The standard InChI is InChI=1S/C20H24N4O3.CH2O2/c1-21-20(26)17-6-3-7-22-18(17)15-4-2-5-16(14-15)19(25)23-8-9-24-10-12-27-13-11-24;2-1-3/h2-7,14H,8-13H2,1H3,(H,21,26)(H,23,25);1H,(H,2,3). The zero-order valence-corrected chi connectivity index (χ0v) is 16.8. The van der Waals surface area contributed by atoms with Crippen molar-refractivity contribution in [2.24, 2.45) is 0 Å². The predicted octanol–water partition coefficient (Wildman–Crippen LogP) is 0.871. The van der Waals surface area contributed by atoms with Gasteiger partial charge in [0.2, 0.25) is 0 Å². The fourth-order valence-corrected chi connectivity index (χ4v) is 3.02. The second-order valence-corrected chi connectivity index (χ2v) is 6.37. The Bertz CT molecular complexity index is 853. The van der Waals surface area contributed by atoms with E-state index in [1.807, 2.05) is 6.07 Å². The predicted molar refractivity (Wildman–Crippen MR) is 111 cm³/mol. The third kappa shape index (κ3) is 6.64. The van der Waals surface area contributed by atoms with Crippen molar-refractivity contribution < 1.29 is 24.2 Å². The number of carbonyl (C=O) groups is 3. The van der Waals surface area contributed by atoms with E-state index in [0.29, 0.717) is 23.4 Å². The van der Waals surface area contributed by atoms with Gasteiger partial charge >= 0.3 is 0 Å². The average Bonchev–Trinajstić information content (AvgIpc) is 2.80. The van der Waals surface area contributed by atoms with Gasteiger partial charge in [-0.05, 0) is 24.3 Å². The van der Waals surface area contributed by atoms with Crippen LogP contribution in [-0.4, -0.2) is 79.7 Å². The Morgan fingerprint density at radius 3 is 2.63 bits per heavy atom. The van der Waals surface area contributed by atoms with E-state index in [2.05, 4.69) is 20.5 Å². The highest BCUT2D eigenvalue weighted by molar-refractivity contribution is 6.01. The van der Waals surface area contributed by atoms with Crippen LogP contribution < -0.4 is 10.6 Å². The number of morpholine rings is 1. The SMILES string of the molecule is CNC(=O)c1cccnc1-c1cccc(C(=O)NCCN2CCOCC2)c1.O=CO. The lowest BCUT2D eigenvalue weighted by Crippen LogP contribution is -2.41. The summed E-state index contributed by atoms with van der Waals surface area (Å²) in [6, 6.07) is 10.6. The molecule has 0 spiro atoms. The number of rotatable bonds is 6. The van der Waals surface area contributed by atoms with Crippen molar-refractivity contribution in [1.29, 1.82) is 0 Å². The van der Waals surface area contributed by atoms with E-state index < -0.39 is 0 Å². The van der Waals surface area contributed by atoms with E-state index in [1.54, 1.807) is 43.6 Å². The van der Waals surface area contributed by atoms with Gasteiger partial charge in [-0.1, -0.05) is 12.1 Å². The molecule has 1 aromatic heterocycles. The maximum absolute atomic E-state index is 12.5. The van der Waals surface area contributed by atoms with Crippen molar-refractivity contribution in [3.8, 4) is 11.3 Å². The highest BCUT2D eigenvalue weighted by Crippen LogP contribution is 2.22. The molecule has 1 saturated heterocycles. The van der Waals surface area contributed by atoms with Gasteiger partial charge in [0.1, 0.15) is 0 Å². The van der Waals surface area contributed by atoms with Crippen molar-refractivity contribution in [3.05, 3.63) is 53.7 Å². The highest BCUT2D eigenvalue weighted by Gasteiger charge is 2.15. The Morgan fingerprint density at radius 2 is 1.93 bits per heavy atom. The summed E-state index contributed by atoms with van der Waals surface area (Å²) >= 11 is 0. The summed E-state index contributed by atoms with van der Waals surface area (Å²) in [6.45, 7) is 4.41. The molecule has 1 fully saturated rings. The third-order valence-electron chi connectivity index (χ3n) is 4.49. The van der Waals surface area contributed by atoms with E-state index in [9.17, 15) is 9.59 Å². The van der Waals surface area contributed by atoms with E-state index in [1.165, 1.54) is 0 Å². The van der Waals surface area contributed by atoms with Gasteiger partial charge in [0.25, 0.3) is 18.3 Å². The molecule has 9 nitrogen and oxygen atoms in total. The van der Waals surface area contributed by atoms with Gasteiger partial charge in [-0.2, -0.15) is 0 Å². The molecule has 0 atom stereocenters. The van der Waals surface area contributed by atoms with E-state index >= 15 is 0 Å². The van der Waals surface area contributed by atoms with Crippen LogP contribution in [0.25, 0.3) is 11.3 Å². The quantitative estimate of drug-likeness (QED) is 0.600. The van der Waals surface area contributed by atoms with Crippen LogP contribution in [0.3, 0.4) is 0 Å². The number of hydrogen-bond donors (Lipinski definition) is 3. The molecular formula is C21H26N4O5. The largest absolute Gasteiger partial charge is 0.483 e. The van der Waals surface area contributed by atoms with Crippen LogP contribution in [0.4, 0.5) is 0 Å². The molecule has 0 bridgehead atoms. The molecule has 9 heteroatoms. The van der Waals surface area contributed by atoms with Crippen molar-refractivity contribution in [1.82, 2.24) is 20.5 Å². The Hall–Kier alpha value is -3.30. The summed E-state index contributed by atoms with van der Waals surface area (Å²) < 4.78 is 5.32. The van der Waals surface area contributed by atoms with Crippen LogP contribution in [0.1, 0.15) is 20.7 Å². The van der Waals surface area contributed by atoms with E-state index in [0.717, 1.165) is 38.4 Å². The molecule has 2 aromatic rings. The molecule has 1 aliphatic rings. The maximum Gasteiger partial charge on any atom is 0.290 e. The lowest BCUT2D eigenvalue weighted by Gasteiger charge is -2.26. The topological polar surface area (TPSA) is 121 Å². The Balaban J connectivity index is 0.00000101. The molecule has 0 unspecified atom stereocenters. The summed E-state index contributed by atoms with van der Waals surface area (Å²) in [6.07, 6.45) is 1.64. The van der Waals surface area contributed by atoms with Gasteiger partial charge in [0.05, 0.1) is 24.5 Å². The van der Waals surface area contributed by atoms with Crippen LogP contribution in [0.5, 0.6) is 0 Å². The first-order valence-electron chi connectivity index (χ1n) is 9.54. The Labute approximate surface area is 175 Å². The molecule has 0 radical (unpaired) electrons. The number of hydrogen-bond acceptors (Lipinski definition) is 6. The van der Waals surface area contributed by atoms with E-state index in [-0.39, 0.29) is 18.3 Å². The van der Waals surface area contributed by atoms with Crippen molar-refractivity contribution in [3.63, 3.8) is 0 Å². The molecular weight excluding hydrogens is 388 g/mol. The molecule has 0 saturated carbocycles. The van der Waals surface area contributed by atoms with Crippen LogP contribution in [0.15, 0.2) is 42.6 Å². The van der Waals surface area contributed by atoms with Crippen molar-refractivity contribution in [2.75, 3.05) is 46.4 Å². The number of benzene rings is 1. The first-order chi connectivity index (χ1) is 14.6. The monoisotopic (exact) mass is 414 g/mol. The average molecular weight is 414 g/mol. The van der Waals surface area contributed by atoms with Gasteiger partial charge in [0.15, 0.2) is 0 Å². The minimum atomic E-state index is -0.250. The number of aromatic nitrogens is 1. The van der Waals surface area contributed by atoms with Crippen LogP contribution in [-0.2, 0) is 9.53 Å². The minimum absolute atomic E-state index is 0.137. The number of nitrogens with one attached hydrogen (secondary N) is 2. The summed E-state index contributed by atoms with van der Waals surface area (Å²) in [7, 11) is 1.58. The first-order valence-corrected chi connectivity index (χ1v) is 9.54. The summed E-state index contributed by atoms with van der Waals surface area (Å²) in [4.78, 5) is 39.5. The number of carbonyl (C=O) groups excluding carboxylic acids is 2. The first kappa shape index (κ1) is 23.0. The minimum Gasteiger partial charge on any atom is -0.483 e. The number of ether oxygens (including phenoxy) is 1.